The molecule has 1 spiro atoms. The zero-order valence-corrected chi connectivity index (χ0v) is 21.3. The lowest BCUT2D eigenvalue weighted by molar-refractivity contribution is 0.0645. The van der Waals surface area contributed by atoms with E-state index in [2.05, 4.69) is 77.3 Å². The second-order valence-corrected chi connectivity index (χ2v) is 12.8. The first-order valence-corrected chi connectivity index (χ1v) is 13.1. The summed E-state index contributed by atoms with van der Waals surface area (Å²) >= 11 is 1.83. The fraction of sp³-hybridized carbons (Fsp3) is 0.517. The smallest absolute Gasteiger partial charge is 0.123 e. The summed E-state index contributed by atoms with van der Waals surface area (Å²) in [6.07, 6.45) is 7.69. The highest BCUT2D eigenvalue weighted by molar-refractivity contribution is 7.99. The Kier molecular flexibility index (Phi) is 4.84. The van der Waals surface area contributed by atoms with E-state index in [-0.39, 0.29) is 27.4 Å². The van der Waals surface area contributed by atoms with E-state index >= 15 is 0 Å². The molecule has 0 heterocycles. The molecule has 0 amide bonds. The van der Waals surface area contributed by atoms with Gasteiger partial charge in [0.15, 0.2) is 0 Å². The van der Waals surface area contributed by atoms with Crippen LogP contribution in [0.3, 0.4) is 0 Å². The Morgan fingerprint density at radius 2 is 1.66 bits per heavy atom. The van der Waals surface area contributed by atoms with Gasteiger partial charge in [-0.2, -0.15) is 11.8 Å². The Morgan fingerprint density at radius 1 is 1.00 bits per heavy atom. The molecule has 1 fully saturated rings. The molecule has 3 aliphatic carbocycles. The van der Waals surface area contributed by atoms with Crippen LogP contribution in [-0.4, -0.2) is 23.7 Å². The van der Waals surface area contributed by atoms with Crippen LogP contribution in [0.1, 0.15) is 82.1 Å². The number of phenols is 1. The molecule has 2 unspecified atom stereocenters. The number of hydrogen-bond donors (Lipinski definition) is 1. The molecule has 170 valence electrons. The average molecular weight is 449 g/mol. The monoisotopic (exact) mass is 448 g/mol. The Hall–Kier alpha value is -1.87. The first kappa shape index (κ1) is 21.9. The van der Waals surface area contributed by atoms with Gasteiger partial charge < -0.3 is 9.84 Å². The third kappa shape index (κ3) is 3.00. The minimum Gasteiger partial charge on any atom is -0.507 e. The molecule has 2 nitrogen and oxygen atoms in total. The third-order valence-electron chi connectivity index (χ3n) is 8.10. The minimum atomic E-state index is -0.0521. The SMILES string of the molecule is COC1=Cc2c(O)cc3c(c2C(C)C1SC)-c1ccccc1C31CC(C)(C)CC(C)(C)C1. The molecule has 32 heavy (non-hydrogen) atoms. The van der Waals surface area contributed by atoms with Gasteiger partial charge in [0.2, 0.25) is 0 Å². The predicted molar refractivity (Wildman–Crippen MR) is 136 cm³/mol. The first-order chi connectivity index (χ1) is 15.0. The summed E-state index contributed by atoms with van der Waals surface area (Å²) < 4.78 is 5.76. The van der Waals surface area contributed by atoms with Crippen LogP contribution in [0.2, 0.25) is 0 Å². The van der Waals surface area contributed by atoms with Crippen LogP contribution >= 0.6 is 11.8 Å². The lowest BCUT2D eigenvalue weighted by atomic mass is 9.52. The van der Waals surface area contributed by atoms with Crippen LogP contribution in [0, 0.1) is 10.8 Å². The summed E-state index contributed by atoms with van der Waals surface area (Å²) in [4.78, 5) is 0. The van der Waals surface area contributed by atoms with Gasteiger partial charge in [0.1, 0.15) is 11.5 Å². The van der Waals surface area contributed by atoms with Crippen molar-refractivity contribution in [3.05, 3.63) is 58.3 Å². The van der Waals surface area contributed by atoms with Crippen LogP contribution < -0.4 is 0 Å². The molecule has 2 aromatic rings. The normalized spacial score (nSPS) is 26.2. The zero-order chi connectivity index (χ0) is 23.1. The van der Waals surface area contributed by atoms with Gasteiger partial charge in [-0.15, -0.1) is 0 Å². The summed E-state index contributed by atoms with van der Waals surface area (Å²) in [5, 5.41) is 11.6. The van der Waals surface area contributed by atoms with Gasteiger partial charge in [0.25, 0.3) is 0 Å². The lowest BCUT2D eigenvalue weighted by Gasteiger charge is -2.52. The second kappa shape index (κ2) is 7.06. The summed E-state index contributed by atoms with van der Waals surface area (Å²) in [5.74, 6) is 1.61. The van der Waals surface area contributed by atoms with Crippen LogP contribution in [0.5, 0.6) is 5.75 Å². The second-order valence-electron chi connectivity index (χ2n) is 11.8. The molecular formula is C29H36O2S. The van der Waals surface area contributed by atoms with Gasteiger partial charge >= 0.3 is 0 Å². The molecular weight excluding hydrogens is 412 g/mol. The third-order valence-corrected chi connectivity index (χ3v) is 9.25. The van der Waals surface area contributed by atoms with E-state index in [1.165, 1.54) is 34.2 Å². The highest BCUT2D eigenvalue weighted by Gasteiger charge is 2.54. The van der Waals surface area contributed by atoms with Gasteiger partial charge in [0, 0.05) is 16.9 Å². The molecule has 3 aliphatic rings. The van der Waals surface area contributed by atoms with Crippen molar-refractivity contribution in [3.8, 4) is 16.9 Å². The number of rotatable bonds is 2. The minimum absolute atomic E-state index is 0.0521. The molecule has 0 bridgehead atoms. The Bertz CT molecular complexity index is 1110. The molecule has 0 aromatic heterocycles. The lowest BCUT2D eigenvalue weighted by Crippen LogP contribution is -2.44. The van der Waals surface area contributed by atoms with Crippen molar-refractivity contribution in [2.75, 3.05) is 13.4 Å². The van der Waals surface area contributed by atoms with Crippen molar-refractivity contribution in [3.63, 3.8) is 0 Å². The molecule has 3 heteroatoms. The van der Waals surface area contributed by atoms with E-state index in [9.17, 15) is 5.11 Å². The van der Waals surface area contributed by atoms with Crippen LogP contribution in [0.25, 0.3) is 17.2 Å². The van der Waals surface area contributed by atoms with Crippen molar-refractivity contribution in [1.29, 1.82) is 0 Å². The van der Waals surface area contributed by atoms with Crippen molar-refractivity contribution in [1.82, 2.24) is 0 Å². The zero-order valence-electron chi connectivity index (χ0n) is 20.5. The van der Waals surface area contributed by atoms with Gasteiger partial charge in [-0.3, -0.25) is 0 Å². The summed E-state index contributed by atoms with van der Waals surface area (Å²) in [5.41, 5.74) is 8.20. The predicted octanol–water partition coefficient (Wildman–Crippen LogP) is 7.73. The van der Waals surface area contributed by atoms with Crippen molar-refractivity contribution < 1.29 is 9.84 Å². The first-order valence-electron chi connectivity index (χ1n) is 11.8. The number of aromatic hydroxyl groups is 1. The van der Waals surface area contributed by atoms with Crippen LogP contribution in [-0.2, 0) is 10.2 Å². The molecule has 5 rings (SSSR count). The molecule has 2 atom stereocenters. The van der Waals surface area contributed by atoms with Gasteiger partial charge in [-0.05, 0) is 76.3 Å². The highest BCUT2D eigenvalue weighted by atomic mass is 32.2. The standard InChI is InChI=1S/C29H36O2S/c1-17-24-19(12-23(31-6)26(17)32-7)22(30)13-21-25(24)18-10-8-9-11-20(18)29(21)15-27(2,3)14-28(4,5)16-29/h8-13,17,26,30H,14-16H2,1-7H3. The van der Waals surface area contributed by atoms with E-state index in [0.717, 1.165) is 24.2 Å². The topological polar surface area (TPSA) is 29.5 Å². The van der Waals surface area contributed by atoms with E-state index in [1.54, 1.807) is 7.11 Å². The largest absolute Gasteiger partial charge is 0.507 e. The number of thioether (sulfide) groups is 1. The molecule has 1 saturated carbocycles. The van der Waals surface area contributed by atoms with Crippen molar-refractivity contribution >= 4 is 17.8 Å². The quantitative estimate of drug-likeness (QED) is 0.510. The van der Waals surface area contributed by atoms with Crippen LogP contribution in [0.15, 0.2) is 36.1 Å². The molecule has 0 radical (unpaired) electrons. The van der Waals surface area contributed by atoms with E-state index in [4.69, 9.17) is 4.74 Å². The number of benzene rings is 2. The molecule has 2 aromatic carbocycles. The van der Waals surface area contributed by atoms with Crippen LogP contribution in [0.4, 0.5) is 0 Å². The highest BCUT2D eigenvalue weighted by Crippen LogP contribution is 2.65. The fourth-order valence-corrected chi connectivity index (χ4v) is 8.82. The maximum atomic E-state index is 11.4. The van der Waals surface area contributed by atoms with Gasteiger partial charge in [-0.1, -0.05) is 58.9 Å². The van der Waals surface area contributed by atoms with E-state index in [0.29, 0.717) is 5.75 Å². The summed E-state index contributed by atoms with van der Waals surface area (Å²) in [6.45, 7) is 12.0. The molecule has 1 N–H and O–H groups in total. The summed E-state index contributed by atoms with van der Waals surface area (Å²) in [6, 6.07) is 11.1. The Labute approximate surface area is 197 Å². The van der Waals surface area contributed by atoms with Crippen molar-refractivity contribution in [2.24, 2.45) is 10.8 Å². The Morgan fingerprint density at radius 3 is 2.28 bits per heavy atom. The molecule has 0 saturated heterocycles. The summed E-state index contributed by atoms with van der Waals surface area (Å²) in [7, 11) is 1.74. The fourth-order valence-electron chi connectivity index (χ4n) is 7.88. The number of fused-ring (bicyclic) bond motifs is 7. The number of ether oxygens (including phenoxy) is 1. The molecule has 0 aliphatic heterocycles. The van der Waals surface area contributed by atoms with Crippen molar-refractivity contribution in [2.45, 2.75) is 70.5 Å². The van der Waals surface area contributed by atoms with Gasteiger partial charge in [-0.25, -0.2) is 0 Å². The number of phenolic OH excluding ortho intramolecular Hbond substituents is 1. The van der Waals surface area contributed by atoms with E-state index < -0.39 is 0 Å². The number of methoxy groups -OCH3 is 1. The average Bonchev–Trinajstić information content (AvgIpc) is 2.94. The maximum Gasteiger partial charge on any atom is 0.123 e. The van der Waals surface area contributed by atoms with Gasteiger partial charge in [0.05, 0.1) is 12.4 Å². The Balaban J connectivity index is 1.86. The maximum absolute atomic E-state index is 11.4. The number of hydrogen-bond acceptors (Lipinski definition) is 3. The van der Waals surface area contributed by atoms with E-state index in [1.807, 2.05) is 11.8 Å².